The monoisotopic (exact) mass is 471 g/mol. The Hall–Kier alpha value is -2.98. The number of anilines is 1. The molecule has 0 bridgehead atoms. The SMILES string of the molecule is O=C(O)[C@H]1CCCC[C@H]1C(=O)Nc1ccc2nc(SCc3ccc([N+](=O)[O-])cc3)sc2c1. The smallest absolute Gasteiger partial charge is 0.307 e. The van der Waals surface area contributed by atoms with Crippen molar-refractivity contribution in [1.29, 1.82) is 0 Å². The van der Waals surface area contributed by atoms with Crippen LogP contribution in [-0.4, -0.2) is 26.9 Å². The van der Waals surface area contributed by atoms with Gasteiger partial charge < -0.3 is 10.4 Å². The molecule has 1 saturated carbocycles. The van der Waals surface area contributed by atoms with Gasteiger partial charge in [-0.1, -0.05) is 36.7 Å². The first kappa shape index (κ1) is 22.2. The number of nitro benzene ring substituents is 1. The minimum Gasteiger partial charge on any atom is -0.481 e. The summed E-state index contributed by atoms with van der Waals surface area (Å²) in [6.45, 7) is 0. The molecule has 1 aliphatic rings. The number of aliphatic carboxylic acids is 1. The van der Waals surface area contributed by atoms with Crippen LogP contribution in [0.1, 0.15) is 31.2 Å². The lowest BCUT2D eigenvalue weighted by Crippen LogP contribution is -2.36. The molecule has 0 unspecified atom stereocenters. The molecule has 1 amide bonds. The number of fused-ring (bicyclic) bond motifs is 1. The molecule has 1 aromatic heterocycles. The molecule has 4 rings (SSSR count). The van der Waals surface area contributed by atoms with Gasteiger partial charge in [-0.3, -0.25) is 19.7 Å². The Balaban J connectivity index is 1.41. The first-order valence-electron chi connectivity index (χ1n) is 10.2. The summed E-state index contributed by atoms with van der Waals surface area (Å²) in [5.41, 5.74) is 2.48. The van der Waals surface area contributed by atoms with Crippen molar-refractivity contribution in [3.05, 3.63) is 58.1 Å². The van der Waals surface area contributed by atoms with Gasteiger partial charge in [-0.2, -0.15) is 0 Å². The maximum absolute atomic E-state index is 12.7. The average Bonchev–Trinajstić information content (AvgIpc) is 3.20. The summed E-state index contributed by atoms with van der Waals surface area (Å²) < 4.78 is 1.78. The van der Waals surface area contributed by atoms with Crippen molar-refractivity contribution in [3.63, 3.8) is 0 Å². The molecule has 32 heavy (non-hydrogen) atoms. The lowest BCUT2D eigenvalue weighted by atomic mass is 9.78. The highest BCUT2D eigenvalue weighted by molar-refractivity contribution is 8.00. The number of carboxylic acid groups (broad SMARTS) is 1. The first-order valence-corrected chi connectivity index (χ1v) is 12.0. The number of carboxylic acids is 1. The molecular formula is C22H21N3O5S2. The zero-order valence-corrected chi connectivity index (χ0v) is 18.7. The highest BCUT2D eigenvalue weighted by atomic mass is 32.2. The van der Waals surface area contributed by atoms with Gasteiger partial charge in [0.15, 0.2) is 4.34 Å². The topological polar surface area (TPSA) is 122 Å². The summed E-state index contributed by atoms with van der Waals surface area (Å²) in [4.78, 5) is 39.1. The van der Waals surface area contributed by atoms with Crippen molar-refractivity contribution in [1.82, 2.24) is 4.98 Å². The zero-order valence-electron chi connectivity index (χ0n) is 17.0. The van der Waals surface area contributed by atoms with Crippen LogP contribution in [0.2, 0.25) is 0 Å². The third-order valence-corrected chi connectivity index (χ3v) is 7.80. The predicted octanol–water partition coefficient (Wildman–Crippen LogP) is 5.33. The van der Waals surface area contributed by atoms with Crippen LogP contribution >= 0.6 is 23.1 Å². The number of carbonyl (C=O) groups is 2. The van der Waals surface area contributed by atoms with Gasteiger partial charge in [0, 0.05) is 23.6 Å². The number of rotatable bonds is 7. The summed E-state index contributed by atoms with van der Waals surface area (Å²) in [5, 5.41) is 23.1. The number of aromatic nitrogens is 1. The number of nitrogens with one attached hydrogen (secondary N) is 1. The lowest BCUT2D eigenvalue weighted by Gasteiger charge is -2.27. The van der Waals surface area contributed by atoms with E-state index in [1.807, 2.05) is 12.1 Å². The second-order valence-electron chi connectivity index (χ2n) is 7.70. The van der Waals surface area contributed by atoms with Crippen LogP contribution < -0.4 is 5.32 Å². The molecular weight excluding hydrogens is 450 g/mol. The summed E-state index contributed by atoms with van der Waals surface area (Å²) in [7, 11) is 0. The van der Waals surface area contributed by atoms with E-state index in [1.165, 1.54) is 23.5 Å². The molecule has 2 atom stereocenters. The fourth-order valence-corrected chi connectivity index (χ4v) is 5.94. The Morgan fingerprint density at radius 1 is 1.16 bits per heavy atom. The molecule has 10 heteroatoms. The Labute approximate surface area is 192 Å². The predicted molar refractivity (Wildman–Crippen MR) is 124 cm³/mol. The third kappa shape index (κ3) is 5.08. The van der Waals surface area contributed by atoms with Crippen LogP contribution in [0.15, 0.2) is 46.8 Å². The molecule has 0 spiro atoms. The van der Waals surface area contributed by atoms with Crippen molar-refractivity contribution >= 4 is 56.6 Å². The van der Waals surface area contributed by atoms with E-state index in [-0.39, 0.29) is 11.6 Å². The van der Waals surface area contributed by atoms with Crippen LogP contribution in [-0.2, 0) is 15.3 Å². The molecule has 2 N–H and O–H groups in total. The number of nitro groups is 1. The van der Waals surface area contributed by atoms with Crippen LogP contribution in [0, 0.1) is 22.0 Å². The fourth-order valence-electron chi connectivity index (χ4n) is 3.88. The number of non-ortho nitro benzene ring substituents is 1. The normalized spacial score (nSPS) is 18.4. The van der Waals surface area contributed by atoms with Gasteiger partial charge in [-0.25, -0.2) is 4.98 Å². The number of amides is 1. The minimum atomic E-state index is -0.905. The molecule has 2 aromatic carbocycles. The Morgan fingerprint density at radius 3 is 2.56 bits per heavy atom. The number of hydrogen-bond acceptors (Lipinski definition) is 7. The molecule has 166 valence electrons. The summed E-state index contributed by atoms with van der Waals surface area (Å²) in [6.07, 6.45) is 2.84. The van der Waals surface area contributed by atoms with Gasteiger partial charge in [-0.15, -0.1) is 11.3 Å². The van der Waals surface area contributed by atoms with Gasteiger partial charge in [0.05, 0.1) is 27.0 Å². The van der Waals surface area contributed by atoms with Gasteiger partial charge in [0.25, 0.3) is 5.69 Å². The van der Waals surface area contributed by atoms with Crippen LogP contribution in [0.4, 0.5) is 11.4 Å². The lowest BCUT2D eigenvalue weighted by molar-refractivity contribution is -0.384. The summed E-state index contributed by atoms with van der Waals surface area (Å²) in [5.74, 6) is -1.64. The van der Waals surface area contributed by atoms with Gasteiger partial charge in [-0.05, 0) is 36.6 Å². The molecule has 0 saturated heterocycles. The number of thioether (sulfide) groups is 1. The number of hydrogen-bond donors (Lipinski definition) is 2. The largest absolute Gasteiger partial charge is 0.481 e. The molecule has 0 radical (unpaired) electrons. The number of thiazole rings is 1. The van der Waals surface area contributed by atoms with Crippen molar-refractivity contribution in [2.75, 3.05) is 5.32 Å². The van der Waals surface area contributed by atoms with E-state index in [0.717, 1.165) is 33.0 Å². The number of benzene rings is 2. The zero-order chi connectivity index (χ0) is 22.7. The maximum Gasteiger partial charge on any atom is 0.307 e. The first-order chi connectivity index (χ1) is 15.4. The van der Waals surface area contributed by atoms with Crippen LogP contribution in [0.3, 0.4) is 0 Å². The number of carbonyl (C=O) groups excluding carboxylic acids is 1. The van der Waals surface area contributed by atoms with E-state index in [4.69, 9.17) is 0 Å². The van der Waals surface area contributed by atoms with Gasteiger partial charge in [0.2, 0.25) is 5.91 Å². The highest BCUT2D eigenvalue weighted by Crippen LogP contribution is 2.34. The van der Waals surface area contributed by atoms with E-state index in [0.29, 0.717) is 24.3 Å². The quantitative estimate of drug-likeness (QED) is 0.271. The average molecular weight is 472 g/mol. The molecule has 1 fully saturated rings. The van der Waals surface area contributed by atoms with E-state index in [2.05, 4.69) is 10.3 Å². The Kier molecular flexibility index (Phi) is 6.71. The van der Waals surface area contributed by atoms with Crippen LogP contribution in [0.5, 0.6) is 0 Å². The van der Waals surface area contributed by atoms with Crippen molar-refractivity contribution in [2.45, 2.75) is 35.8 Å². The fraction of sp³-hybridized carbons (Fsp3) is 0.318. The van der Waals surface area contributed by atoms with Gasteiger partial charge >= 0.3 is 5.97 Å². The highest BCUT2D eigenvalue weighted by Gasteiger charge is 2.35. The number of nitrogens with zero attached hydrogens (tertiary/aromatic N) is 2. The van der Waals surface area contributed by atoms with E-state index >= 15 is 0 Å². The van der Waals surface area contributed by atoms with Crippen molar-refractivity contribution in [3.8, 4) is 0 Å². The molecule has 1 aliphatic carbocycles. The van der Waals surface area contributed by atoms with E-state index in [9.17, 15) is 24.8 Å². The molecule has 1 heterocycles. The summed E-state index contributed by atoms with van der Waals surface area (Å²) >= 11 is 3.05. The van der Waals surface area contributed by atoms with Gasteiger partial charge in [0.1, 0.15) is 0 Å². The van der Waals surface area contributed by atoms with Crippen molar-refractivity contribution < 1.29 is 19.6 Å². The van der Waals surface area contributed by atoms with E-state index < -0.39 is 22.7 Å². The third-order valence-electron chi connectivity index (χ3n) is 5.57. The molecule has 3 aromatic rings. The summed E-state index contributed by atoms with van der Waals surface area (Å²) in [6, 6.07) is 11.9. The second-order valence-corrected chi connectivity index (χ2v) is 9.95. The minimum absolute atomic E-state index is 0.0659. The maximum atomic E-state index is 12.7. The Morgan fingerprint density at radius 2 is 1.88 bits per heavy atom. The van der Waals surface area contributed by atoms with Crippen LogP contribution in [0.25, 0.3) is 10.2 Å². The molecule has 0 aliphatic heterocycles. The standard InChI is InChI=1S/C22H21N3O5S2/c26-20(16-3-1-2-4-17(16)21(27)28)23-14-7-10-18-19(11-14)32-22(24-18)31-12-13-5-8-15(9-6-13)25(29)30/h5-11,16-17H,1-4,12H2,(H,23,26)(H,27,28)/t16-,17+/m1/s1. The molecule has 8 nitrogen and oxygen atoms in total. The second kappa shape index (κ2) is 9.66. The Bertz CT molecular complexity index is 1160. The van der Waals surface area contributed by atoms with Crippen molar-refractivity contribution in [2.24, 2.45) is 11.8 Å². The van der Waals surface area contributed by atoms with E-state index in [1.54, 1.807) is 30.0 Å².